The van der Waals surface area contributed by atoms with Crippen molar-refractivity contribution in [1.29, 1.82) is 0 Å². The van der Waals surface area contributed by atoms with E-state index in [1.807, 2.05) is 73.7 Å². The van der Waals surface area contributed by atoms with Crippen molar-refractivity contribution >= 4 is 23.4 Å². The summed E-state index contributed by atoms with van der Waals surface area (Å²) in [5.41, 5.74) is 2.47. The molecule has 0 amide bonds. The molecule has 152 valence electrons. The number of rotatable bonds is 8. The Hall–Kier alpha value is -3.39. The Morgan fingerprint density at radius 1 is 1.00 bits per heavy atom. The average molecular weight is 420 g/mol. The molecule has 0 spiro atoms. The van der Waals surface area contributed by atoms with E-state index in [0.717, 1.165) is 16.9 Å². The van der Waals surface area contributed by atoms with Crippen LogP contribution in [-0.4, -0.2) is 38.1 Å². The molecule has 4 aromatic rings. The Morgan fingerprint density at radius 3 is 2.57 bits per heavy atom. The van der Waals surface area contributed by atoms with E-state index in [1.165, 1.54) is 11.8 Å². The maximum Gasteiger partial charge on any atom is 0.316 e. The molecule has 0 bridgehead atoms. The summed E-state index contributed by atoms with van der Waals surface area (Å²) < 4.78 is 12.5. The molecule has 2 aromatic heterocycles. The number of hydrogen-bond acceptors (Lipinski definition) is 7. The van der Waals surface area contributed by atoms with Crippen molar-refractivity contribution in [3.63, 3.8) is 0 Å². The standard InChI is InChI=1S/C22H20N4O3S/c1-2-28-18-10-8-17(9-11-18)22-24-23-19-12-13-20(25-26(19)22)30-15-21(27)29-14-16-6-4-3-5-7-16/h3-13H,2,14-15H2,1H3. The lowest BCUT2D eigenvalue weighted by Gasteiger charge is -2.06. The van der Waals surface area contributed by atoms with E-state index in [1.54, 1.807) is 4.52 Å². The fourth-order valence-electron chi connectivity index (χ4n) is 2.81. The zero-order chi connectivity index (χ0) is 20.8. The Balaban J connectivity index is 1.42. The third kappa shape index (κ3) is 4.77. The van der Waals surface area contributed by atoms with Crippen LogP contribution in [0.5, 0.6) is 5.75 Å². The summed E-state index contributed by atoms with van der Waals surface area (Å²) in [7, 11) is 0. The van der Waals surface area contributed by atoms with Gasteiger partial charge >= 0.3 is 5.97 Å². The van der Waals surface area contributed by atoms with Gasteiger partial charge in [-0.15, -0.1) is 10.2 Å². The van der Waals surface area contributed by atoms with Crippen LogP contribution in [0.15, 0.2) is 71.8 Å². The molecule has 0 aliphatic heterocycles. The third-order valence-electron chi connectivity index (χ3n) is 4.24. The number of aromatic nitrogens is 4. The van der Waals surface area contributed by atoms with Gasteiger partial charge in [0.25, 0.3) is 0 Å². The highest BCUT2D eigenvalue weighted by atomic mass is 32.2. The summed E-state index contributed by atoms with van der Waals surface area (Å²) in [6.07, 6.45) is 0. The molecular formula is C22H20N4O3S. The number of carbonyl (C=O) groups is 1. The van der Waals surface area contributed by atoms with Gasteiger partial charge in [0, 0.05) is 5.56 Å². The number of hydrogen-bond donors (Lipinski definition) is 0. The molecule has 0 fully saturated rings. The Morgan fingerprint density at radius 2 is 1.80 bits per heavy atom. The van der Waals surface area contributed by atoms with Gasteiger partial charge in [0.05, 0.1) is 12.4 Å². The zero-order valence-corrected chi connectivity index (χ0v) is 17.2. The summed E-state index contributed by atoms with van der Waals surface area (Å²) in [6, 6.07) is 20.9. The second-order valence-electron chi connectivity index (χ2n) is 6.36. The van der Waals surface area contributed by atoms with E-state index in [9.17, 15) is 4.79 Å². The molecule has 0 aliphatic rings. The van der Waals surface area contributed by atoms with Gasteiger partial charge in [-0.1, -0.05) is 42.1 Å². The predicted octanol–water partition coefficient (Wildman–Crippen LogP) is 4.03. The average Bonchev–Trinajstić information content (AvgIpc) is 3.21. The van der Waals surface area contributed by atoms with Gasteiger partial charge in [0.15, 0.2) is 11.5 Å². The van der Waals surface area contributed by atoms with Crippen LogP contribution in [-0.2, 0) is 16.1 Å². The molecule has 0 radical (unpaired) electrons. The number of nitrogens with zero attached hydrogens (tertiary/aromatic N) is 4. The molecule has 0 aliphatic carbocycles. The Kier molecular flexibility index (Phi) is 6.24. The minimum atomic E-state index is -0.291. The molecule has 2 aromatic carbocycles. The molecule has 0 unspecified atom stereocenters. The second-order valence-corrected chi connectivity index (χ2v) is 7.35. The highest BCUT2D eigenvalue weighted by molar-refractivity contribution is 7.99. The van der Waals surface area contributed by atoms with E-state index in [0.29, 0.717) is 23.1 Å². The first-order valence-electron chi connectivity index (χ1n) is 9.51. The number of thioether (sulfide) groups is 1. The lowest BCUT2D eigenvalue weighted by atomic mass is 10.2. The van der Waals surface area contributed by atoms with Crippen LogP contribution >= 0.6 is 11.8 Å². The molecule has 30 heavy (non-hydrogen) atoms. The van der Waals surface area contributed by atoms with Gasteiger partial charge in [0.2, 0.25) is 0 Å². The summed E-state index contributed by atoms with van der Waals surface area (Å²) in [4.78, 5) is 12.1. The van der Waals surface area contributed by atoms with Crippen LogP contribution in [0.2, 0.25) is 0 Å². The van der Waals surface area contributed by atoms with Gasteiger partial charge in [-0.05, 0) is 48.9 Å². The summed E-state index contributed by atoms with van der Waals surface area (Å²) in [5, 5.41) is 13.7. The van der Waals surface area contributed by atoms with Gasteiger partial charge < -0.3 is 9.47 Å². The number of fused-ring (bicyclic) bond motifs is 1. The fraction of sp³-hybridized carbons (Fsp3) is 0.182. The lowest BCUT2D eigenvalue weighted by molar-refractivity contribution is -0.141. The van der Waals surface area contributed by atoms with Gasteiger partial charge in [-0.3, -0.25) is 4.79 Å². The van der Waals surface area contributed by atoms with Gasteiger partial charge in [-0.25, -0.2) is 0 Å². The summed E-state index contributed by atoms with van der Waals surface area (Å²) >= 11 is 1.31. The zero-order valence-electron chi connectivity index (χ0n) is 16.4. The number of esters is 1. The number of benzene rings is 2. The van der Waals surface area contributed by atoms with E-state index in [2.05, 4.69) is 15.3 Å². The normalized spacial score (nSPS) is 10.8. The van der Waals surface area contributed by atoms with E-state index >= 15 is 0 Å². The van der Waals surface area contributed by atoms with E-state index in [4.69, 9.17) is 9.47 Å². The Labute approximate surface area is 178 Å². The van der Waals surface area contributed by atoms with E-state index in [-0.39, 0.29) is 18.3 Å². The van der Waals surface area contributed by atoms with Crippen LogP contribution in [0.1, 0.15) is 12.5 Å². The Bertz CT molecular complexity index is 1130. The molecule has 4 rings (SSSR count). The highest BCUT2D eigenvalue weighted by Gasteiger charge is 2.12. The van der Waals surface area contributed by atoms with Crippen LogP contribution in [0.25, 0.3) is 17.0 Å². The molecule has 2 heterocycles. The van der Waals surface area contributed by atoms with Crippen LogP contribution in [0.3, 0.4) is 0 Å². The fourth-order valence-corrected chi connectivity index (χ4v) is 3.46. The minimum absolute atomic E-state index is 0.172. The van der Waals surface area contributed by atoms with Crippen molar-refractivity contribution in [2.75, 3.05) is 12.4 Å². The minimum Gasteiger partial charge on any atom is -0.494 e. The predicted molar refractivity (Wildman–Crippen MR) is 114 cm³/mol. The second kappa shape index (κ2) is 9.41. The first kappa shape index (κ1) is 19.9. The molecule has 0 saturated carbocycles. The first-order chi connectivity index (χ1) is 14.7. The number of carbonyl (C=O) groups excluding carboxylic acids is 1. The molecule has 7 nitrogen and oxygen atoms in total. The highest BCUT2D eigenvalue weighted by Crippen LogP contribution is 2.23. The molecule has 0 atom stereocenters. The molecule has 8 heteroatoms. The topological polar surface area (TPSA) is 78.6 Å². The van der Waals surface area contributed by atoms with Crippen LogP contribution < -0.4 is 4.74 Å². The SMILES string of the molecule is CCOc1ccc(-c2nnc3ccc(SCC(=O)OCc4ccccc4)nn23)cc1. The molecular weight excluding hydrogens is 400 g/mol. The summed E-state index contributed by atoms with van der Waals surface area (Å²) in [6.45, 7) is 2.82. The first-order valence-corrected chi connectivity index (χ1v) is 10.5. The van der Waals surface area contributed by atoms with Crippen molar-refractivity contribution in [1.82, 2.24) is 19.8 Å². The van der Waals surface area contributed by atoms with Crippen LogP contribution in [0.4, 0.5) is 0 Å². The lowest BCUT2D eigenvalue weighted by Crippen LogP contribution is -2.07. The van der Waals surface area contributed by atoms with Gasteiger partial charge in [0.1, 0.15) is 17.4 Å². The molecule has 0 N–H and O–H groups in total. The smallest absolute Gasteiger partial charge is 0.316 e. The van der Waals surface area contributed by atoms with Crippen molar-refractivity contribution in [3.8, 4) is 17.1 Å². The van der Waals surface area contributed by atoms with Crippen molar-refractivity contribution < 1.29 is 14.3 Å². The van der Waals surface area contributed by atoms with Crippen molar-refractivity contribution in [2.24, 2.45) is 0 Å². The van der Waals surface area contributed by atoms with Crippen molar-refractivity contribution in [3.05, 3.63) is 72.3 Å². The number of ether oxygens (including phenoxy) is 2. The largest absolute Gasteiger partial charge is 0.494 e. The quantitative estimate of drug-likeness (QED) is 0.315. The monoisotopic (exact) mass is 420 g/mol. The van der Waals surface area contributed by atoms with E-state index < -0.39 is 0 Å². The summed E-state index contributed by atoms with van der Waals surface area (Å²) in [5.74, 6) is 1.31. The third-order valence-corrected chi connectivity index (χ3v) is 5.14. The maximum absolute atomic E-state index is 12.1. The van der Waals surface area contributed by atoms with Crippen LogP contribution in [0, 0.1) is 0 Å². The molecule has 0 saturated heterocycles. The maximum atomic E-state index is 12.1. The van der Waals surface area contributed by atoms with Gasteiger partial charge in [-0.2, -0.15) is 9.61 Å². The van der Waals surface area contributed by atoms with Crippen molar-refractivity contribution in [2.45, 2.75) is 18.6 Å².